The molecule has 0 spiro atoms. The second kappa shape index (κ2) is 8.63. The van der Waals surface area contributed by atoms with Crippen molar-refractivity contribution in [2.75, 3.05) is 11.1 Å². The molecule has 12 heteroatoms. The predicted molar refractivity (Wildman–Crippen MR) is 124 cm³/mol. The third-order valence-corrected chi connectivity index (χ3v) is 6.38. The lowest BCUT2D eigenvalue weighted by Crippen LogP contribution is -2.37. The number of aromatic nitrogens is 6. The fourth-order valence-corrected chi connectivity index (χ4v) is 4.50. The molecule has 0 fully saturated rings. The van der Waals surface area contributed by atoms with E-state index < -0.39 is 11.2 Å². The third-order valence-electron chi connectivity index (χ3n) is 4.66. The molecule has 0 unspecified atom stereocenters. The Morgan fingerprint density at radius 2 is 1.91 bits per heavy atom. The summed E-state index contributed by atoms with van der Waals surface area (Å²) in [7, 11) is 2.95. The molecule has 4 aromatic rings. The molecular weight excluding hydrogens is 450 g/mol. The second-order valence-electron chi connectivity index (χ2n) is 7.09. The van der Waals surface area contributed by atoms with Gasteiger partial charge in [-0.05, 0) is 19.9 Å². The zero-order chi connectivity index (χ0) is 23.0. The van der Waals surface area contributed by atoms with Gasteiger partial charge in [-0.3, -0.25) is 24.0 Å². The summed E-state index contributed by atoms with van der Waals surface area (Å²) in [6.07, 6.45) is 0. The molecule has 0 aliphatic carbocycles. The van der Waals surface area contributed by atoms with Gasteiger partial charge in [0, 0.05) is 19.7 Å². The van der Waals surface area contributed by atoms with Gasteiger partial charge in [-0.1, -0.05) is 46.9 Å². The van der Waals surface area contributed by atoms with Crippen molar-refractivity contribution in [2.24, 2.45) is 14.1 Å². The molecule has 1 amide bonds. The number of carbonyl (C=O) groups is 1. The maximum atomic E-state index is 12.9. The molecule has 0 aliphatic rings. The highest BCUT2D eigenvalue weighted by Gasteiger charge is 2.19. The molecule has 164 valence electrons. The van der Waals surface area contributed by atoms with Crippen molar-refractivity contribution in [3.63, 3.8) is 0 Å². The van der Waals surface area contributed by atoms with Crippen LogP contribution >= 0.6 is 23.1 Å². The van der Waals surface area contributed by atoms with E-state index in [0.717, 1.165) is 32.5 Å². The second-order valence-corrected chi connectivity index (χ2v) is 9.23. The number of aryl methyl sites for hydroxylation is 3. The maximum absolute atomic E-state index is 12.9. The molecule has 3 heterocycles. The number of anilines is 1. The summed E-state index contributed by atoms with van der Waals surface area (Å²) < 4.78 is 2.32. The van der Waals surface area contributed by atoms with E-state index in [2.05, 4.69) is 25.5 Å². The van der Waals surface area contributed by atoms with Crippen molar-refractivity contribution in [1.29, 1.82) is 0 Å². The highest BCUT2D eigenvalue weighted by Crippen LogP contribution is 2.26. The van der Waals surface area contributed by atoms with Gasteiger partial charge in [-0.15, -0.1) is 10.2 Å². The Labute approximate surface area is 190 Å². The first-order valence-electron chi connectivity index (χ1n) is 9.52. The molecule has 32 heavy (non-hydrogen) atoms. The Balaban J connectivity index is 1.79. The monoisotopic (exact) mass is 469 g/mol. The zero-order valence-corrected chi connectivity index (χ0v) is 19.4. The van der Waals surface area contributed by atoms with Gasteiger partial charge in [-0.2, -0.15) is 0 Å². The van der Waals surface area contributed by atoms with Crippen LogP contribution in [0.25, 0.3) is 22.4 Å². The first-order valence-corrected chi connectivity index (χ1v) is 11.3. The number of benzene rings is 1. The molecule has 0 bridgehead atoms. The normalized spacial score (nSPS) is 11.1. The number of hydrogen-bond donors (Lipinski definition) is 1. The van der Waals surface area contributed by atoms with Crippen molar-refractivity contribution >= 4 is 45.2 Å². The number of amides is 1. The van der Waals surface area contributed by atoms with Crippen LogP contribution in [0.2, 0.25) is 0 Å². The number of nitrogens with one attached hydrogen (secondary N) is 1. The van der Waals surface area contributed by atoms with Crippen molar-refractivity contribution < 1.29 is 4.79 Å². The predicted octanol–water partition coefficient (Wildman–Crippen LogP) is 1.89. The minimum absolute atomic E-state index is 0.00993. The molecule has 1 aromatic carbocycles. The largest absolute Gasteiger partial charge is 0.332 e. The quantitative estimate of drug-likeness (QED) is 0.347. The van der Waals surface area contributed by atoms with E-state index >= 15 is 0 Å². The molecule has 1 N–H and O–H groups in total. The maximum Gasteiger partial charge on any atom is 0.332 e. The van der Waals surface area contributed by atoms with Crippen molar-refractivity contribution in [1.82, 2.24) is 29.3 Å². The van der Waals surface area contributed by atoms with Gasteiger partial charge < -0.3 is 0 Å². The van der Waals surface area contributed by atoms with E-state index in [1.807, 2.05) is 31.2 Å². The lowest BCUT2D eigenvalue weighted by Gasteiger charge is -2.12. The first kappa shape index (κ1) is 21.8. The van der Waals surface area contributed by atoms with Gasteiger partial charge in [0.05, 0.1) is 5.75 Å². The highest BCUT2D eigenvalue weighted by atomic mass is 32.2. The van der Waals surface area contributed by atoms with Gasteiger partial charge in [0.15, 0.2) is 11.5 Å². The molecule has 3 aromatic heterocycles. The third kappa shape index (κ3) is 4.18. The molecule has 4 rings (SSSR count). The minimum atomic E-state index is -0.512. The van der Waals surface area contributed by atoms with Crippen LogP contribution in [0.3, 0.4) is 0 Å². The van der Waals surface area contributed by atoms with Crippen molar-refractivity contribution in [3.05, 3.63) is 55.7 Å². The summed E-state index contributed by atoms with van der Waals surface area (Å²) in [6.45, 7) is 3.74. The fourth-order valence-electron chi connectivity index (χ4n) is 3.08. The number of fused-ring (bicyclic) bond motifs is 1. The van der Waals surface area contributed by atoms with Crippen LogP contribution in [-0.2, 0) is 18.9 Å². The molecule has 10 nitrogen and oxygen atoms in total. The fraction of sp³-hybridized carbons (Fsp3) is 0.250. The van der Waals surface area contributed by atoms with E-state index in [-0.39, 0.29) is 22.7 Å². The SMILES string of the molecule is Cc1cccc(-c2nc(SCC(=O)Nc3nnc(C)s3)c3c(=O)n(C)c(=O)n(C)c3n2)c1. The van der Waals surface area contributed by atoms with Crippen LogP contribution in [0.1, 0.15) is 10.6 Å². The Hall–Kier alpha value is -3.38. The van der Waals surface area contributed by atoms with Gasteiger partial charge in [-0.25, -0.2) is 14.8 Å². The summed E-state index contributed by atoms with van der Waals surface area (Å²) in [5, 5.41) is 12.1. The summed E-state index contributed by atoms with van der Waals surface area (Å²) in [6, 6.07) is 7.60. The van der Waals surface area contributed by atoms with Gasteiger partial charge in [0.25, 0.3) is 5.56 Å². The van der Waals surface area contributed by atoms with Gasteiger partial charge >= 0.3 is 5.69 Å². The summed E-state index contributed by atoms with van der Waals surface area (Å²) in [5.74, 6) is 0.0491. The topological polar surface area (TPSA) is 125 Å². The van der Waals surface area contributed by atoms with E-state index in [9.17, 15) is 14.4 Å². The van der Waals surface area contributed by atoms with E-state index in [1.54, 1.807) is 14.0 Å². The molecule has 0 atom stereocenters. The number of nitrogens with zero attached hydrogens (tertiary/aromatic N) is 6. The molecule has 0 saturated heterocycles. The average Bonchev–Trinajstić information content (AvgIpc) is 3.18. The summed E-state index contributed by atoms with van der Waals surface area (Å²) in [4.78, 5) is 46.9. The van der Waals surface area contributed by atoms with Crippen LogP contribution in [0.15, 0.2) is 38.9 Å². The standard InChI is InChI=1S/C20H19N7O3S2/c1-10-6-5-7-12(8-10)15-22-16-14(18(29)27(4)20(30)26(16)3)17(23-15)31-9-13(28)21-19-25-24-11(2)32-19/h5-8H,9H2,1-4H3,(H,21,25,28). The number of rotatable bonds is 5. The number of hydrogen-bond acceptors (Lipinski definition) is 9. The zero-order valence-electron chi connectivity index (χ0n) is 17.7. The summed E-state index contributed by atoms with van der Waals surface area (Å²) >= 11 is 2.37. The van der Waals surface area contributed by atoms with Crippen LogP contribution in [0.4, 0.5) is 5.13 Å². The molecule has 0 radical (unpaired) electrons. The lowest BCUT2D eigenvalue weighted by molar-refractivity contribution is -0.113. The molecular formula is C20H19N7O3S2. The van der Waals surface area contributed by atoms with E-state index in [0.29, 0.717) is 16.0 Å². The van der Waals surface area contributed by atoms with Crippen LogP contribution in [0.5, 0.6) is 0 Å². The van der Waals surface area contributed by atoms with Crippen molar-refractivity contribution in [3.8, 4) is 11.4 Å². The Kier molecular flexibility index (Phi) is 5.89. The van der Waals surface area contributed by atoms with E-state index in [1.165, 1.54) is 23.0 Å². The van der Waals surface area contributed by atoms with Crippen LogP contribution < -0.4 is 16.6 Å². The Morgan fingerprint density at radius 1 is 1.12 bits per heavy atom. The average molecular weight is 470 g/mol. The van der Waals surface area contributed by atoms with E-state index in [4.69, 9.17) is 0 Å². The van der Waals surface area contributed by atoms with Crippen LogP contribution in [0, 0.1) is 13.8 Å². The van der Waals surface area contributed by atoms with Gasteiger partial charge in [0.2, 0.25) is 11.0 Å². The summed E-state index contributed by atoms with van der Waals surface area (Å²) in [5.41, 5.74) is 0.978. The van der Waals surface area contributed by atoms with Gasteiger partial charge in [0.1, 0.15) is 15.4 Å². The smallest absolute Gasteiger partial charge is 0.300 e. The van der Waals surface area contributed by atoms with Crippen molar-refractivity contribution in [2.45, 2.75) is 18.9 Å². The lowest BCUT2D eigenvalue weighted by atomic mass is 10.1. The number of carbonyl (C=O) groups excluding carboxylic acids is 1. The first-order chi connectivity index (χ1) is 15.2. The number of thioether (sulfide) groups is 1. The minimum Gasteiger partial charge on any atom is -0.300 e. The van der Waals surface area contributed by atoms with Crippen LogP contribution in [-0.4, -0.2) is 41.0 Å². The molecule has 0 saturated carbocycles. The Bertz CT molecular complexity index is 1470. The highest BCUT2D eigenvalue weighted by molar-refractivity contribution is 8.00. The molecule has 0 aliphatic heterocycles. The Morgan fingerprint density at radius 3 is 2.59 bits per heavy atom.